The van der Waals surface area contributed by atoms with Crippen LogP contribution < -0.4 is 5.73 Å². The number of rotatable bonds is 5. The van der Waals surface area contributed by atoms with Crippen molar-refractivity contribution in [1.82, 2.24) is 14.8 Å². The predicted molar refractivity (Wildman–Crippen MR) is 68.6 cm³/mol. The summed E-state index contributed by atoms with van der Waals surface area (Å²) in [5.41, 5.74) is 6.21. The molecule has 1 heterocycles. The Morgan fingerprint density at radius 2 is 2.18 bits per heavy atom. The molecular weight excluding hydrogens is 212 g/mol. The van der Waals surface area contributed by atoms with Crippen molar-refractivity contribution in [2.24, 2.45) is 5.73 Å². The molecule has 1 fully saturated rings. The zero-order chi connectivity index (χ0) is 12.1. The van der Waals surface area contributed by atoms with Crippen LogP contribution in [0.15, 0.2) is 6.33 Å². The van der Waals surface area contributed by atoms with Gasteiger partial charge >= 0.3 is 0 Å². The number of aromatic nitrogens is 3. The highest BCUT2D eigenvalue weighted by Gasteiger charge is 2.21. The van der Waals surface area contributed by atoms with Gasteiger partial charge in [0.2, 0.25) is 0 Å². The molecule has 1 unspecified atom stereocenters. The molecule has 4 heteroatoms. The molecule has 0 amide bonds. The van der Waals surface area contributed by atoms with E-state index in [0.717, 1.165) is 12.2 Å². The highest BCUT2D eigenvalue weighted by atomic mass is 15.3. The smallest absolute Gasteiger partial charge is 0.150 e. The van der Waals surface area contributed by atoms with Crippen molar-refractivity contribution in [3.63, 3.8) is 0 Å². The van der Waals surface area contributed by atoms with Gasteiger partial charge < -0.3 is 10.3 Å². The standard InChI is InChI=1S/C13H24N4/c1-2-3-9-12(14)13-16-15-10-17(13)11-7-5-4-6-8-11/h10-12H,2-9,14H2,1H3. The monoisotopic (exact) mass is 236 g/mol. The Morgan fingerprint density at radius 1 is 1.41 bits per heavy atom. The summed E-state index contributed by atoms with van der Waals surface area (Å²) in [6.45, 7) is 2.19. The van der Waals surface area contributed by atoms with E-state index in [2.05, 4.69) is 21.7 Å². The minimum absolute atomic E-state index is 0.0550. The molecule has 0 saturated heterocycles. The first-order valence-corrected chi connectivity index (χ1v) is 6.98. The van der Waals surface area contributed by atoms with Crippen LogP contribution in [0.2, 0.25) is 0 Å². The Kier molecular flexibility index (Phi) is 4.54. The van der Waals surface area contributed by atoms with Crippen LogP contribution in [0.25, 0.3) is 0 Å². The van der Waals surface area contributed by atoms with E-state index < -0.39 is 0 Å². The van der Waals surface area contributed by atoms with Gasteiger partial charge in [-0.3, -0.25) is 0 Å². The molecule has 96 valence electrons. The fraction of sp³-hybridized carbons (Fsp3) is 0.846. The van der Waals surface area contributed by atoms with E-state index in [9.17, 15) is 0 Å². The topological polar surface area (TPSA) is 56.7 Å². The first-order chi connectivity index (χ1) is 8.33. The third-order valence-corrected chi connectivity index (χ3v) is 3.77. The summed E-state index contributed by atoms with van der Waals surface area (Å²) < 4.78 is 2.24. The Morgan fingerprint density at radius 3 is 2.88 bits per heavy atom. The van der Waals surface area contributed by atoms with Gasteiger partial charge in [0.25, 0.3) is 0 Å². The van der Waals surface area contributed by atoms with Crippen LogP contribution in [-0.4, -0.2) is 14.8 Å². The maximum absolute atomic E-state index is 6.21. The van der Waals surface area contributed by atoms with E-state index in [-0.39, 0.29) is 6.04 Å². The molecule has 0 aromatic carbocycles. The molecule has 2 rings (SSSR count). The highest BCUT2D eigenvalue weighted by Crippen LogP contribution is 2.30. The number of unbranched alkanes of at least 4 members (excludes halogenated alkanes) is 1. The molecule has 2 N–H and O–H groups in total. The van der Waals surface area contributed by atoms with E-state index in [4.69, 9.17) is 5.73 Å². The van der Waals surface area contributed by atoms with Crippen LogP contribution >= 0.6 is 0 Å². The Labute approximate surface area is 104 Å². The Hall–Kier alpha value is -0.900. The van der Waals surface area contributed by atoms with Gasteiger partial charge in [0.05, 0.1) is 6.04 Å². The van der Waals surface area contributed by atoms with Crippen molar-refractivity contribution < 1.29 is 0 Å². The minimum Gasteiger partial charge on any atom is -0.321 e. The molecule has 1 aliphatic rings. The summed E-state index contributed by atoms with van der Waals surface area (Å²) in [5, 5.41) is 8.29. The van der Waals surface area contributed by atoms with E-state index in [0.29, 0.717) is 6.04 Å². The molecule has 0 spiro atoms. The Balaban J connectivity index is 2.04. The highest BCUT2D eigenvalue weighted by molar-refractivity contribution is 4.96. The fourth-order valence-electron chi connectivity index (χ4n) is 2.71. The SMILES string of the molecule is CCCCC(N)c1nncn1C1CCCCC1. The second-order valence-corrected chi connectivity index (χ2v) is 5.14. The summed E-state index contributed by atoms with van der Waals surface area (Å²) in [6.07, 6.45) is 11.8. The van der Waals surface area contributed by atoms with Gasteiger partial charge in [0.1, 0.15) is 12.2 Å². The van der Waals surface area contributed by atoms with E-state index in [1.807, 2.05) is 6.33 Å². The quantitative estimate of drug-likeness (QED) is 0.855. The summed E-state index contributed by atoms with van der Waals surface area (Å²) in [5.74, 6) is 0.991. The van der Waals surface area contributed by atoms with Crippen molar-refractivity contribution in [3.05, 3.63) is 12.2 Å². The van der Waals surface area contributed by atoms with Gasteiger partial charge in [-0.1, -0.05) is 39.0 Å². The van der Waals surface area contributed by atoms with Gasteiger partial charge in [-0.2, -0.15) is 0 Å². The van der Waals surface area contributed by atoms with Crippen LogP contribution in [0, 0.1) is 0 Å². The lowest BCUT2D eigenvalue weighted by molar-refractivity contribution is 0.338. The summed E-state index contributed by atoms with van der Waals surface area (Å²) in [6, 6.07) is 0.640. The Bertz CT molecular complexity index is 328. The van der Waals surface area contributed by atoms with Crippen LogP contribution in [0.1, 0.15) is 76.2 Å². The maximum atomic E-state index is 6.21. The van der Waals surface area contributed by atoms with Crippen molar-refractivity contribution in [2.75, 3.05) is 0 Å². The molecule has 17 heavy (non-hydrogen) atoms. The maximum Gasteiger partial charge on any atom is 0.150 e. The zero-order valence-electron chi connectivity index (χ0n) is 10.8. The van der Waals surface area contributed by atoms with Gasteiger partial charge in [-0.05, 0) is 19.3 Å². The fourth-order valence-corrected chi connectivity index (χ4v) is 2.71. The van der Waals surface area contributed by atoms with E-state index in [1.165, 1.54) is 44.9 Å². The van der Waals surface area contributed by atoms with Crippen molar-refractivity contribution in [3.8, 4) is 0 Å². The molecule has 4 nitrogen and oxygen atoms in total. The lowest BCUT2D eigenvalue weighted by Crippen LogP contribution is -2.21. The lowest BCUT2D eigenvalue weighted by Gasteiger charge is -2.25. The first kappa shape index (κ1) is 12.6. The van der Waals surface area contributed by atoms with Crippen LogP contribution in [0.5, 0.6) is 0 Å². The average molecular weight is 236 g/mol. The lowest BCUT2D eigenvalue weighted by atomic mass is 9.95. The largest absolute Gasteiger partial charge is 0.321 e. The molecule has 1 aliphatic carbocycles. The third kappa shape index (κ3) is 3.06. The van der Waals surface area contributed by atoms with Crippen LogP contribution in [0.3, 0.4) is 0 Å². The zero-order valence-corrected chi connectivity index (χ0v) is 10.8. The molecular formula is C13H24N4. The second kappa shape index (κ2) is 6.15. The molecule has 1 aromatic heterocycles. The van der Waals surface area contributed by atoms with Crippen LogP contribution in [0.4, 0.5) is 0 Å². The second-order valence-electron chi connectivity index (χ2n) is 5.14. The number of hydrogen-bond donors (Lipinski definition) is 1. The van der Waals surface area contributed by atoms with Gasteiger partial charge in [0, 0.05) is 6.04 Å². The average Bonchev–Trinajstić information content (AvgIpc) is 2.86. The van der Waals surface area contributed by atoms with Crippen molar-refractivity contribution >= 4 is 0 Å². The van der Waals surface area contributed by atoms with Gasteiger partial charge in [-0.15, -0.1) is 10.2 Å². The number of nitrogens with zero attached hydrogens (tertiary/aromatic N) is 3. The minimum atomic E-state index is 0.0550. The molecule has 0 aliphatic heterocycles. The predicted octanol–water partition coefficient (Wildman–Crippen LogP) is 2.97. The van der Waals surface area contributed by atoms with E-state index >= 15 is 0 Å². The summed E-state index contributed by atoms with van der Waals surface area (Å²) in [7, 11) is 0. The first-order valence-electron chi connectivity index (χ1n) is 6.98. The van der Waals surface area contributed by atoms with Crippen LogP contribution in [-0.2, 0) is 0 Å². The summed E-state index contributed by atoms with van der Waals surface area (Å²) >= 11 is 0. The molecule has 1 aromatic rings. The van der Waals surface area contributed by atoms with Gasteiger partial charge in [-0.25, -0.2) is 0 Å². The molecule has 0 bridgehead atoms. The summed E-state index contributed by atoms with van der Waals surface area (Å²) in [4.78, 5) is 0. The molecule has 0 radical (unpaired) electrons. The third-order valence-electron chi connectivity index (χ3n) is 3.77. The number of nitrogens with two attached hydrogens (primary N) is 1. The van der Waals surface area contributed by atoms with Gasteiger partial charge in [0.15, 0.2) is 0 Å². The molecule has 1 saturated carbocycles. The van der Waals surface area contributed by atoms with E-state index in [1.54, 1.807) is 0 Å². The normalized spacial score (nSPS) is 19.4. The van der Waals surface area contributed by atoms with Crippen molar-refractivity contribution in [1.29, 1.82) is 0 Å². The number of hydrogen-bond acceptors (Lipinski definition) is 3. The van der Waals surface area contributed by atoms with Crippen molar-refractivity contribution in [2.45, 2.75) is 70.4 Å². The molecule has 1 atom stereocenters.